The van der Waals surface area contributed by atoms with E-state index in [1.54, 1.807) is 0 Å². The molecule has 0 aromatic heterocycles. The van der Waals surface area contributed by atoms with Crippen LogP contribution in [0.5, 0.6) is 0 Å². The van der Waals surface area contributed by atoms with E-state index < -0.39 is 0 Å². The van der Waals surface area contributed by atoms with Gasteiger partial charge in [0.2, 0.25) is 0 Å². The van der Waals surface area contributed by atoms with Crippen molar-refractivity contribution in [2.45, 2.75) is 80.4 Å². The Morgan fingerprint density at radius 3 is 1.12 bits per heavy atom. The smallest absolute Gasteiger partial charge is 0.0907 e. The lowest BCUT2D eigenvalue weighted by Gasteiger charge is -2.26. The average Bonchev–Trinajstić information content (AvgIpc) is 1.94. The molecule has 2 atom stereocenters. The minimum absolute atomic E-state index is 0.155. The predicted molar refractivity (Wildman–Crippen MR) is 69.2 cm³/mol. The van der Waals surface area contributed by atoms with Crippen LogP contribution in [-0.2, 0) is 9.78 Å². The minimum atomic E-state index is 0.155. The van der Waals surface area contributed by atoms with Crippen molar-refractivity contribution in [3.05, 3.63) is 0 Å². The fourth-order valence-corrected chi connectivity index (χ4v) is 1.98. The van der Waals surface area contributed by atoms with Gasteiger partial charge in [0.1, 0.15) is 0 Å². The Hall–Kier alpha value is -0.0800. The molecule has 0 aliphatic carbocycles. The zero-order chi connectivity index (χ0) is 13.0. The Bertz CT molecular complexity index is 164. The molecule has 2 nitrogen and oxygen atoms in total. The average molecular weight is 230 g/mol. The molecule has 0 bridgehead atoms. The molecule has 0 rings (SSSR count). The SMILES string of the molecule is CC(CC(C)(C)C)OOC(C)CC(C)(C)C. The molecule has 0 N–H and O–H groups in total. The zero-order valence-corrected chi connectivity index (χ0v) is 12.4. The molecule has 0 saturated heterocycles. The molecule has 0 amide bonds. The second-order valence-electron chi connectivity index (χ2n) is 7.34. The standard InChI is InChI=1S/C14H30O2/c1-11(9-13(3,4)5)15-16-12(2)10-14(6,7)8/h11-12H,9-10H2,1-8H3. The minimum Gasteiger partial charge on any atom is -0.233 e. The molecule has 2 unspecified atom stereocenters. The topological polar surface area (TPSA) is 18.5 Å². The molecule has 98 valence electrons. The van der Waals surface area contributed by atoms with Gasteiger partial charge in [-0.1, -0.05) is 41.5 Å². The number of hydrogen-bond donors (Lipinski definition) is 0. The van der Waals surface area contributed by atoms with Crippen LogP contribution in [0.4, 0.5) is 0 Å². The second-order valence-corrected chi connectivity index (χ2v) is 7.34. The Morgan fingerprint density at radius 1 is 0.688 bits per heavy atom. The van der Waals surface area contributed by atoms with Gasteiger partial charge < -0.3 is 0 Å². The highest BCUT2D eigenvalue weighted by atomic mass is 17.2. The van der Waals surface area contributed by atoms with Crippen molar-refractivity contribution in [1.82, 2.24) is 0 Å². The van der Waals surface area contributed by atoms with Crippen molar-refractivity contribution in [2.75, 3.05) is 0 Å². The third-order valence-electron chi connectivity index (χ3n) is 2.18. The van der Waals surface area contributed by atoms with Gasteiger partial charge in [-0.15, -0.1) is 0 Å². The van der Waals surface area contributed by atoms with Crippen LogP contribution in [0.1, 0.15) is 68.2 Å². The molecule has 0 aromatic rings. The van der Waals surface area contributed by atoms with Crippen LogP contribution in [0.15, 0.2) is 0 Å². The Balaban J connectivity index is 3.80. The van der Waals surface area contributed by atoms with Gasteiger partial charge in [-0.3, -0.25) is 0 Å². The molecular weight excluding hydrogens is 200 g/mol. The summed E-state index contributed by atoms with van der Waals surface area (Å²) in [5.74, 6) is 0. The summed E-state index contributed by atoms with van der Waals surface area (Å²) in [7, 11) is 0. The zero-order valence-electron chi connectivity index (χ0n) is 12.4. The summed E-state index contributed by atoms with van der Waals surface area (Å²) in [6.45, 7) is 17.4. The molecule has 0 heterocycles. The van der Waals surface area contributed by atoms with Crippen LogP contribution in [0.3, 0.4) is 0 Å². The van der Waals surface area contributed by atoms with Crippen LogP contribution < -0.4 is 0 Å². The van der Waals surface area contributed by atoms with Gasteiger partial charge >= 0.3 is 0 Å². The lowest BCUT2D eigenvalue weighted by molar-refractivity contribution is -0.350. The van der Waals surface area contributed by atoms with E-state index in [9.17, 15) is 0 Å². The van der Waals surface area contributed by atoms with E-state index in [0.717, 1.165) is 12.8 Å². The van der Waals surface area contributed by atoms with Crippen LogP contribution in [0, 0.1) is 10.8 Å². The van der Waals surface area contributed by atoms with Gasteiger partial charge in [-0.05, 0) is 37.5 Å². The Labute approximate surface area is 102 Å². The fraction of sp³-hybridized carbons (Fsp3) is 1.00. The summed E-state index contributed by atoms with van der Waals surface area (Å²) in [4.78, 5) is 10.9. The molecule has 0 aliphatic heterocycles. The molecule has 0 spiro atoms. The van der Waals surface area contributed by atoms with Crippen molar-refractivity contribution < 1.29 is 9.78 Å². The van der Waals surface area contributed by atoms with E-state index in [0.29, 0.717) is 0 Å². The Morgan fingerprint density at radius 2 is 0.938 bits per heavy atom. The molecule has 0 fully saturated rings. The quantitative estimate of drug-likeness (QED) is 0.508. The maximum atomic E-state index is 5.43. The molecule has 0 aromatic carbocycles. The third-order valence-corrected chi connectivity index (χ3v) is 2.18. The first kappa shape index (κ1) is 15.9. The van der Waals surface area contributed by atoms with E-state index in [1.165, 1.54) is 0 Å². The maximum absolute atomic E-state index is 5.43. The predicted octanol–water partition coefficient (Wildman–Crippen LogP) is 4.58. The van der Waals surface area contributed by atoms with Crippen molar-refractivity contribution in [2.24, 2.45) is 10.8 Å². The highest BCUT2D eigenvalue weighted by Crippen LogP contribution is 2.25. The molecular formula is C14H30O2. The molecule has 0 saturated carbocycles. The van der Waals surface area contributed by atoms with Crippen LogP contribution in [-0.4, -0.2) is 12.2 Å². The van der Waals surface area contributed by atoms with E-state index in [4.69, 9.17) is 9.78 Å². The van der Waals surface area contributed by atoms with Crippen molar-refractivity contribution in [1.29, 1.82) is 0 Å². The van der Waals surface area contributed by atoms with Gasteiger partial charge in [0.25, 0.3) is 0 Å². The van der Waals surface area contributed by atoms with Crippen LogP contribution in [0.2, 0.25) is 0 Å². The summed E-state index contributed by atoms with van der Waals surface area (Å²) >= 11 is 0. The van der Waals surface area contributed by atoms with Crippen LogP contribution in [0.25, 0.3) is 0 Å². The Kier molecular flexibility index (Phi) is 5.99. The number of hydrogen-bond acceptors (Lipinski definition) is 2. The number of rotatable bonds is 5. The fourth-order valence-electron chi connectivity index (χ4n) is 1.98. The van der Waals surface area contributed by atoms with E-state index in [1.807, 2.05) is 0 Å². The van der Waals surface area contributed by atoms with Gasteiger partial charge in [0, 0.05) is 0 Å². The van der Waals surface area contributed by atoms with E-state index in [-0.39, 0.29) is 23.0 Å². The molecule has 16 heavy (non-hydrogen) atoms. The summed E-state index contributed by atoms with van der Waals surface area (Å²) in [5.41, 5.74) is 0.575. The summed E-state index contributed by atoms with van der Waals surface area (Å²) in [5, 5.41) is 0. The second kappa shape index (κ2) is 6.02. The maximum Gasteiger partial charge on any atom is 0.0907 e. The summed E-state index contributed by atoms with van der Waals surface area (Å²) in [6, 6.07) is 0. The lowest BCUT2D eigenvalue weighted by Crippen LogP contribution is -2.23. The highest BCUT2D eigenvalue weighted by Gasteiger charge is 2.19. The van der Waals surface area contributed by atoms with Gasteiger partial charge in [-0.2, -0.15) is 0 Å². The van der Waals surface area contributed by atoms with E-state index >= 15 is 0 Å². The summed E-state index contributed by atoms with van der Waals surface area (Å²) in [6.07, 6.45) is 2.33. The normalized spacial score (nSPS) is 17.2. The lowest BCUT2D eigenvalue weighted by atomic mass is 9.89. The largest absolute Gasteiger partial charge is 0.233 e. The van der Waals surface area contributed by atoms with Gasteiger partial charge in [0.05, 0.1) is 12.2 Å². The monoisotopic (exact) mass is 230 g/mol. The van der Waals surface area contributed by atoms with Crippen LogP contribution >= 0.6 is 0 Å². The highest BCUT2D eigenvalue weighted by molar-refractivity contribution is 4.66. The van der Waals surface area contributed by atoms with Crippen molar-refractivity contribution >= 4 is 0 Å². The van der Waals surface area contributed by atoms with Gasteiger partial charge in [-0.25, -0.2) is 9.78 Å². The summed E-state index contributed by atoms with van der Waals surface area (Å²) < 4.78 is 0. The third kappa shape index (κ3) is 10.4. The van der Waals surface area contributed by atoms with Crippen molar-refractivity contribution in [3.8, 4) is 0 Å². The molecule has 0 radical (unpaired) electrons. The van der Waals surface area contributed by atoms with Gasteiger partial charge in [0.15, 0.2) is 0 Å². The molecule has 2 heteroatoms. The van der Waals surface area contributed by atoms with Crippen molar-refractivity contribution in [3.63, 3.8) is 0 Å². The first-order valence-electron chi connectivity index (χ1n) is 6.32. The first-order chi connectivity index (χ1) is 6.99. The molecule has 0 aliphatic rings. The first-order valence-corrected chi connectivity index (χ1v) is 6.32. The van der Waals surface area contributed by atoms with E-state index in [2.05, 4.69) is 55.4 Å².